The van der Waals surface area contributed by atoms with Gasteiger partial charge < -0.3 is 15.8 Å². The maximum atomic E-state index is 6.61. The van der Waals surface area contributed by atoms with E-state index in [9.17, 15) is 0 Å². The van der Waals surface area contributed by atoms with Crippen LogP contribution < -0.4 is 15.8 Å². The van der Waals surface area contributed by atoms with Crippen LogP contribution in [0.3, 0.4) is 0 Å². The minimum Gasteiger partial charge on any atom is -0.497 e. The fourth-order valence-electron chi connectivity index (χ4n) is 3.71. The third-order valence-corrected chi connectivity index (χ3v) is 5.33. The van der Waals surface area contributed by atoms with E-state index in [-0.39, 0.29) is 0 Å². The summed E-state index contributed by atoms with van der Waals surface area (Å²) in [5.41, 5.74) is 11.7. The van der Waals surface area contributed by atoms with Crippen LogP contribution in [0.15, 0.2) is 73.1 Å². The molecule has 0 aliphatic heterocycles. The van der Waals surface area contributed by atoms with Gasteiger partial charge in [0.2, 0.25) is 5.95 Å². The van der Waals surface area contributed by atoms with Crippen LogP contribution in [0.25, 0.3) is 28.0 Å². The molecule has 3 heterocycles. The van der Waals surface area contributed by atoms with E-state index in [1.165, 1.54) is 0 Å². The first-order valence-electron chi connectivity index (χ1n) is 10.5. The molecule has 3 aromatic heterocycles. The molecule has 3 N–H and O–H groups in total. The fraction of sp³-hybridized carbons (Fsp3) is 0.120. The lowest BCUT2D eigenvalue weighted by Crippen LogP contribution is -2.05. The number of nitrogens with one attached hydrogen (secondary N) is 1. The van der Waals surface area contributed by atoms with Crippen molar-refractivity contribution in [1.29, 1.82) is 0 Å². The third kappa shape index (κ3) is 4.06. The molecule has 164 valence electrons. The van der Waals surface area contributed by atoms with Crippen LogP contribution in [0.4, 0.5) is 11.8 Å². The molecule has 0 unspecified atom stereocenters. The van der Waals surface area contributed by atoms with Crippen molar-refractivity contribution in [2.24, 2.45) is 0 Å². The number of ether oxygens (including phenoxy) is 1. The van der Waals surface area contributed by atoms with Crippen LogP contribution in [-0.2, 0) is 6.54 Å². The van der Waals surface area contributed by atoms with E-state index < -0.39 is 0 Å². The first kappa shape index (κ1) is 20.4. The van der Waals surface area contributed by atoms with Crippen molar-refractivity contribution >= 4 is 22.8 Å². The molecule has 0 amide bonds. The molecule has 2 aromatic carbocycles. The van der Waals surface area contributed by atoms with Crippen molar-refractivity contribution < 1.29 is 4.74 Å². The van der Waals surface area contributed by atoms with Gasteiger partial charge in [0, 0.05) is 24.5 Å². The topological polar surface area (TPSA) is 104 Å². The molecule has 0 bridgehead atoms. The van der Waals surface area contributed by atoms with Crippen LogP contribution in [0, 0.1) is 6.92 Å². The van der Waals surface area contributed by atoms with Gasteiger partial charge in [-0.15, -0.1) is 5.10 Å². The summed E-state index contributed by atoms with van der Waals surface area (Å²) in [6, 6.07) is 19.6. The lowest BCUT2D eigenvalue weighted by molar-refractivity contribution is 0.415. The minimum absolute atomic E-state index is 0.457. The molecule has 0 radical (unpaired) electrons. The summed E-state index contributed by atoms with van der Waals surface area (Å²) in [4.78, 5) is 13.6. The van der Waals surface area contributed by atoms with E-state index in [2.05, 4.69) is 15.3 Å². The highest BCUT2D eigenvalue weighted by Crippen LogP contribution is 2.34. The number of nitrogen functional groups attached to an aromatic ring is 1. The number of aryl methyl sites for hydroxylation is 1. The van der Waals surface area contributed by atoms with E-state index in [1.54, 1.807) is 24.2 Å². The standard InChI is InChI=1S/C25H23N7O/c1-16-6-3-9-19(12-16)32-23(26)21-22(18-8-4-10-20(13-18)33-2)29-25(30-24(21)31-32)28-15-17-7-5-11-27-14-17/h3-14H,15,26H2,1-2H3,(H,28,30,31). The second-order valence-corrected chi connectivity index (χ2v) is 7.68. The summed E-state index contributed by atoms with van der Waals surface area (Å²) in [7, 11) is 1.64. The zero-order valence-corrected chi connectivity index (χ0v) is 18.4. The zero-order valence-electron chi connectivity index (χ0n) is 18.4. The summed E-state index contributed by atoms with van der Waals surface area (Å²) in [6.45, 7) is 2.57. The van der Waals surface area contributed by atoms with E-state index >= 15 is 0 Å². The minimum atomic E-state index is 0.457. The quantitative estimate of drug-likeness (QED) is 0.406. The second kappa shape index (κ2) is 8.58. The number of fused-ring (bicyclic) bond motifs is 1. The van der Waals surface area contributed by atoms with Crippen molar-refractivity contribution in [3.05, 3.63) is 84.2 Å². The van der Waals surface area contributed by atoms with Gasteiger partial charge in [-0.05, 0) is 48.4 Å². The van der Waals surface area contributed by atoms with E-state index in [1.807, 2.05) is 67.6 Å². The fourth-order valence-corrected chi connectivity index (χ4v) is 3.71. The number of benzene rings is 2. The number of nitrogens with zero attached hydrogens (tertiary/aromatic N) is 5. The smallest absolute Gasteiger partial charge is 0.225 e. The number of rotatable bonds is 6. The number of hydrogen-bond acceptors (Lipinski definition) is 7. The lowest BCUT2D eigenvalue weighted by atomic mass is 10.1. The number of pyridine rings is 1. The number of hydrogen-bond donors (Lipinski definition) is 2. The summed E-state index contributed by atoms with van der Waals surface area (Å²) < 4.78 is 7.13. The van der Waals surface area contributed by atoms with Gasteiger partial charge in [0.05, 0.1) is 23.9 Å². The molecule has 8 heteroatoms. The first-order valence-corrected chi connectivity index (χ1v) is 10.5. The lowest BCUT2D eigenvalue weighted by Gasteiger charge is -2.09. The predicted molar refractivity (Wildman–Crippen MR) is 129 cm³/mol. The Balaban J connectivity index is 1.66. The molecule has 0 saturated carbocycles. The Labute approximate surface area is 191 Å². The van der Waals surface area contributed by atoms with Gasteiger partial charge in [-0.3, -0.25) is 4.98 Å². The molecular weight excluding hydrogens is 414 g/mol. The van der Waals surface area contributed by atoms with Crippen LogP contribution in [0.1, 0.15) is 11.1 Å². The second-order valence-electron chi connectivity index (χ2n) is 7.68. The SMILES string of the molecule is COc1cccc(-c2nc(NCc3cccnc3)nc3nn(-c4cccc(C)c4)c(N)c23)c1. The highest BCUT2D eigenvalue weighted by Gasteiger charge is 2.19. The number of aromatic nitrogens is 5. The van der Waals surface area contributed by atoms with Gasteiger partial charge >= 0.3 is 0 Å². The molecule has 0 spiro atoms. The number of anilines is 2. The van der Waals surface area contributed by atoms with Crippen molar-refractivity contribution in [3.8, 4) is 22.7 Å². The van der Waals surface area contributed by atoms with Crippen molar-refractivity contribution in [1.82, 2.24) is 24.7 Å². The van der Waals surface area contributed by atoms with Crippen molar-refractivity contribution in [2.75, 3.05) is 18.2 Å². The monoisotopic (exact) mass is 437 g/mol. The Hall–Kier alpha value is -4.46. The predicted octanol–water partition coefficient (Wildman–Crippen LogP) is 4.39. The number of methoxy groups -OCH3 is 1. The third-order valence-electron chi connectivity index (χ3n) is 5.33. The summed E-state index contributed by atoms with van der Waals surface area (Å²) in [6.07, 6.45) is 3.55. The van der Waals surface area contributed by atoms with Crippen LogP contribution in [-0.4, -0.2) is 31.8 Å². The Kier molecular flexibility index (Phi) is 5.32. The average molecular weight is 438 g/mol. The Bertz CT molecular complexity index is 1430. The normalized spacial score (nSPS) is 11.0. The van der Waals surface area contributed by atoms with E-state index in [0.717, 1.165) is 28.1 Å². The molecule has 33 heavy (non-hydrogen) atoms. The highest BCUT2D eigenvalue weighted by molar-refractivity contribution is 5.99. The summed E-state index contributed by atoms with van der Waals surface area (Å²) in [5.74, 6) is 1.67. The molecule has 0 aliphatic rings. The molecule has 0 fully saturated rings. The van der Waals surface area contributed by atoms with Gasteiger partial charge in [0.25, 0.3) is 0 Å². The van der Waals surface area contributed by atoms with Crippen molar-refractivity contribution in [2.45, 2.75) is 13.5 Å². The zero-order chi connectivity index (χ0) is 22.8. The van der Waals surface area contributed by atoms with Gasteiger partial charge in [0.1, 0.15) is 11.6 Å². The van der Waals surface area contributed by atoms with Crippen molar-refractivity contribution in [3.63, 3.8) is 0 Å². The van der Waals surface area contributed by atoms with Crippen LogP contribution in [0.5, 0.6) is 5.75 Å². The van der Waals surface area contributed by atoms with Gasteiger partial charge in [-0.1, -0.05) is 30.3 Å². The molecular formula is C25H23N7O. The largest absolute Gasteiger partial charge is 0.497 e. The average Bonchev–Trinajstić information content (AvgIpc) is 3.19. The van der Waals surface area contributed by atoms with Gasteiger partial charge in [-0.25, -0.2) is 9.67 Å². The van der Waals surface area contributed by atoms with Gasteiger partial charge in [0.15, 0.2) is 5.65 Å². The van der Waals surface area contributed by atoms with Crippen LogP contribution in [0.2, 0.25) is 0 Å². The Morgan fingerprint density at radius 3 is 2.70 bits per heavy atom. The maximum absolute atomic E-state index is 6.61. The van der Waals surface area contributed by atoms with E-state index in [4.69, 9.17) is 20.6 Å². The molecule has 5 aromatic rings. The summed E-state index contributed by atoms with van der Waals surface area (Å²) in [5, 5.41) is 8.70. The molecule has 0 aliphatic carbocycles. The van der Waals surface area contributed by atoms with E-state index in [0.29, 0.717) is 35.0 Å². The Morgan fingerprint density at radius 1 is 1.03 bits per heavy atom. The highest BCUT2D eigenvalue weighted by atomic mass is 16.5. The summed E-state index contributed by atoms with van der Waals surface area (Å²) >= 11 is 0. The molecule has 8 nitrogen and oxygen atoms in total. The first-order chi connectivity index (χ1) is 16.1. The Morgan fingerprint density at radius 2 is 1.91 bits per heavy atom. The molecule has 0 atom stereocenters. The van der Waals surface area contributed by atoms with Crippen LogP contribution >= 0.6 is 0 Å². The van der Waals surface area contributed by atoms with Gasteiger partial charge in [-0.2, -0.15) is 4.98 Å². The number of nitrogens with two attached hydrogens (primary N) is 1. The molecule has 0 saturated heterocycles. The maximum Gasteiger partial charge on any atom is 0.225 e. The molecule has 5 rings (SSSR count).